The van der Waals surface area contributed by atoms with E-state index in [1.54, 1.807) is 19.1 Å². The Morgan fingerprint density at radius 1 is 1.61 bits per heavy atom. The number of hydrogen-bond acceptors (Lipinski definition) is 4. The van der Waals surface area contributed by atoms with Crippen LogP contribution in [0.15, 0.2) is 12.2 Å². The minimum atomic E-state index is -1.08. The maximum absolute atomic E-state index is 11.6. The van der Waals surface area contributed by atoms with Crippen molar-refractivity contribution < 1.29 is 19.5 Å². The number of thioether (sulfide) groups is 1. The maximum atomic E-state index is 11.6. The minimum absolute atomic E-state index is 0.0779. The molecule has 0 aromatic rings. The number of carbonyl (C=O) groups is 3. The van der Waals surface area contributed by atoms with E-state index in [1.807, 2.05) is 0 Å². The van der Waals surface area contributed by atoms with Crippen LogP contribution in [0.4, 0.5) is 0 Å². The first-order chi connectivity index (χ1) is 8.54. The molecule has 2 amide bonds. The number of amides is 2. The molecule has 1 saturated heterocycles. The summed E-state index contributed by atoms with van der Waals surface area (Å²) in [4.78, 5) is 35.2. The van der Waals surface area contributed by atoms with Crippen LogP contribution in [0, 0.1) is 0 Å². The summed E-state index contributed by atoms with van der Waals surface area (Å²) in [6, 6.07) is -0.945. The Morgan fingerprint density at radius 2 is 2.33 bits per heavy atom. The summed E-state index contributed by atoms with van der Waals surface area (Å²) in [6.07, 6.45) is 3.64. The van der Waals surface area contributed by atoms with Gasteiger partial charge in [0.05, 0.1) is 11.6 Å². The summed E-state index contributed by atoms with van der Waals surface area (Å²) < 4.78 is 0. The van der Waals surface area contributed by atoms with Gasteiger partial charge in [-0.15, -0.1) is 11.8 Å². The molecule has 18 heavy (non-hydrogen) atoms. The fourth-order valence-electron chi connectivity index (χ4n) is 1.45. The molecule has 1 rings (SSSR count). The Morgan fingerprint density at radius 3 is 2.83 bits per heavy atom. The quantitative estimate of drug-likeness (QED) is 0.667. The topological polar surface area (TPSA) is 86.7 Å². The van der Waals surface area contributed by atoms with Crippen LogP contribution in [-0.2, 0) is 14.4 Å². The molecular weight excluding hydrogens is 256 g/mol. The lowest BCUT2D eigenvalue weighted by molar-refractivity contribution is -0.142. The van der Waals surface area contributed by atoms with Gasteiger partial charge in [-0.3, -0.25) is 9.59 Å². The number of hydrogen-bond donors (Lipinski definition) is 2. The standard InChI is InChI=1S/C11H16N2O4S/c1-2-3-4-8(11(16)17)12-9(14)5-13-7-18-6-10(13)15/h2-3,8H,4-7H2,1H3,(H,12,14)(H,16,17)/b3-2+. The van der Waals surface area contributed by atoms with Gasteiger partial charge in [-0.2, -0.15) is 0 Å². The van der Waals surface area contributed by atoms with Gasteiger partial charge in [-0.1, -0.05) is 12.2 Å². The second-order valence-corrected chi connectivity index (χ2v) is 4.79. The van der Waals surface area contributed by atoms with E-state index in [9.17, 15) is 14.4 Å². The molecule has 0 aromatic carbocycles. The zero-order valence-corrected chi connectivity index (χ0v) is 10.9. The fourth-order valence-corrected chi connectivity index (χ4v) is 2.35. The van der Waals surface area contributed by atoms with Gasteiger partial charge in [0.15, 0.2) is 0 Å². The molecule has 1 heterocycles. The van der Waals surface area contributed by atoms with Crippen molar-refractivity contribution in [3.05, 3.63) is 12.2 Å². The highest BCUT2D eigenvalue weighted by molar-refractivity contribution is 8.00. The number of carboxylic acid groups (broad SMARTS) is 1. The van der Waals surface area contributed by atoms with E-state index >= 15 is 0 Å². The van der Waals surface area contributed by atoms with Crippen LogP contribution in [0.2, 0.25) is 0 Å². The molecule has 0 saturated carbocycles. The van der Waals surface area contributed by atoms with Gasteiger partial charge in [0.2, 0.25) is 11.8 Å². The molecular formula is C11H16N2O4S. The first-order valence-corrected chi connectivity index (χ1v) is 6.69. The normalized spacial score (nSPS) is 17.2. The van der Waals surface area contributed by atoms with Crippen molar-refractivity contribution in [2.45, 2.75) is 19.4 Å². The third-order valence-corrected chi connectivity index (χ3v) is 3.35. The lowest BCUT2D eigenvalue weighted by Gasteiger charge is -2.17. The van der Waals surface area contributed by atoms with E-state index in [0.717, 1.165) is 0 Å². The average Bonchev–Trinajstić information content (AvgIpc) is 2.70. The predicted molar refractivity (Wildman–Crippen MR) is 68.0 cm³/mol. The van der Waals surface area contributed by atoms with Gasteiger partial charge in [0.1, 0.15) is 12.6 Å². The van der Waals surface area contributed by atoms with Gasteiger partial charge in [-0.05, 0) is 13.3 Å². The summed E-state index contributed by atoms with van der Waals surface area (Å²) in [5, 5.41) is 11.3. The third-order valence-electron chi connectivity index (χ3n) is 2.40. The second kappa shape index (κ2) is 7.05. The number of nitrogens with one attached hydrogen (secondary N) is 1. The number of carbonyl (C=O) groups excluding carboxylic acids is 2. The Balaban J connectivity index is 2.45. The summed E-state index contributed by atoms with van der Waals surface area (Å²) >= 11 is 1.44. The molecule has 1 fully saturated rings. The first kappa shape index (κ1) is 14.6. The zero-order valence-electron chi connectivity index (χ0n) is 10.1. The van der Waals surface area contributed by atoms with Gasteiger partial charge >= 0.3 is 5.97 Å². The van der Waals surface area contributed by atoms with Crippen molar-refractivity contribution in [2.24, 2.45) is 0 Å². The molecule has 0 radical (unpaired) electrons. The summed E-state index contributed by atoms with van der Waals surface area (Å²) in [5.41, 5.74) is 0. The van der Waals surface area contributed by atoms with E-state index in [1.165, 1.54) is 16.7 Å². The van der Waals surface area contributed by atoms with Crippen LogP contribution < -0.4 is 5.32 Å². The van der Waals surface area contributed by atoms with Crippen LogP contribution in [0.1, 0.15) is 13.3 Å². The number of rotatable bonds is 6. The van der Waals surface area contributed by atoms with E-state index in [-0.39, 0.29) is 18.9 Å². The first-order valence-electron chi connectivity index (χ1n) is 5.53. The highest BCUT2D eigenvalue weighted by Crippen LogP contribution is 2.13. The Labute approximate surface area is 109 Å². The maximum Gasteiger partial charge on any atom is 0.326 e. The number of carboxylic acids is 1. The number of nitrogens with zero attached hydrogens (tertiary/aromatic N) is 1. The zero-order chi connectivity index (χ0) is 13.5. The van der Waals surface area contributed by atoms with Gasteiger partial charge in [0, 0.05) is 0 Å². The van der Waals surface area contributed by atoms with Crippen LogP contribution in [-0.4, -0.2) is 52.0 Å². The Bertz CT molecular complexity index is 370. The predicted octanol–water partition coefficient (Wildman–Crippen LogP) is 0.0549. The van der Waals surface area contributed by atoms with Crippen molar-refractivity contribution in [1.82, 2.24) is 10.2 Å². The highest BCUT2D eigenvalue weighted by Gasteiger charge is 2.25. The SMILES string of the molecule is C/C=C/CC(NC(=O)CN1CSCC1=O)C(=O)O. The molecule has 7 heteroatoms. The fraction of sp³-hybridized carbons (Fsp3) is 0.545. The number of aliphatic carboxylic acids is 1. The Hall–Kier alpha value is -1.50. The molecule has 0 aromatic heterocycles. The smallest absolute Gasteiger partial charge is 0.326 e. The average molecular weight is 272 g/mol. The van der Waals surface area contributed by atoms with Crippen molar-refractivity contribution in [3.63, 3.8) is 0 Å². The molecule has 1 aliphatic rings. The molecule has 2 N–H and O–H groups in total. The van der Waals surface area contributed by atoms with E-state index in [0.29, 0.717) is 11.6 Å². The van der Waals surface area contributed by atoms with Gasteiger partial charge in [-0.25, -0.2) is 4.79 Å². The lowest BCUT2D eigenvalue weighted by atomic mass is 10.2. The van der Waals surface area contributed by atoms with Gasteiger partial charge in [0.25, 0.3) is 0 Å². The molecule has 1 aliphatic heterocycles. The molecule has 6 nitrogen and oxygen atoms in total. The van der Waals surface area contributed by atoms with Crippen molar-refractivity contribution >= 4 is 29.5 Å². The molecule has 1 atom stereocenters. The molecule has 1 unspecified atom stereocenters. The summed E-state index contributed by atoms with van der Waals surface area (Å²) in [6.45, 7) is 1.70. The second-order valence-electron chi connectivity index (χ2n) is 3.83. The molecule has 0 aliphatic carbocycles. The monoisotopic (exact) mass is 272 g/mol. The van der Waals surface area contributed by atoms with Gasteiger partial charge < -0.3 is 15.3 Å². The Kier molecular flexibility index (Phi) is 5.70. The van der Waals surface area contributed by atoms with Crippen molar-refractivity contribution in [2.75, 3.05) is 18.2 Å². The van der Waals surface area contributed by atoms with Crippen LogP contribution in [0.3, 0.4) is 0 Å². The van der Waals surface area contributed by atoms with Crippen molar-refractivity contribution in [3.8, 4) is 0 Å². The van der Waals surface area contributed by atoms with Crippen molar-refractivity contribution in [1.29, 1.82) is 0 Å². The summed E-state index contributed by atoms with van der Waals surface area (Å²) in [7, 11) is 0. The van der Waals surface area contributed by atoms with E-state index < -0.39 is 17.9 Å². The largest absolute Gasteiger partial charge is 0.480 e. The number of allylic oxidation sites excluding steroid dienone is 1. The third kappa shape index (κ3) is 4.40. The van der Waals surface area contributed by atoms with Crippen LogP contribution >= 0.6 is 11.8 Å². The summed E-state index contributed by atoms with van der Waals surface area (Å²) in [5.74, 6) is -0.741. The highest BCUT2D eigenvalue weighted by atomic mass is 32.2. The molecule has 100 valence electrons. The minimum Gasteiger partial charge on any atom is -0.480 e. The van der Waals surface area contributed by atoms with E-state index in [4.69, 9.17) is 5.11 Å². The lowest BCUT2D eigenvalue weighted by Crippen LogP contribution is -2.45. The molecule has 0 spiro atoms. The van der Waals surface area contributed by atoms with Crippen LogP contribution in [0.5, 0.6) is 0 Å². The van der Waals surface area contributed by atoms with E-state index in [2.05, 4.69) is 5.32 Å². The van der Waals surface area contributed by atoms with Crippen LogP contribution in [0.25, 0.3) is 0 Å². The molecule has 0 bridgehead atoms.